The van der Waals surface area contributed by atoms with Crippen molar-refractivity contribution in [3.63, 3.8) is 0 Å². The molecular weight excluding hydrogens is 248 g/mol. The van der Waals surface area contributed by atoms with E-state index in [4.69, 9.17) is 16.7 Å². The third kappa shape index (κ3) is 3.15. The van der Waals surface area contributed by atoms with E-state index in [1.165, 1.54) is 18.2 Å². The summed E-state index contributed by atoms with van der Waals surface area (Å²) < 4.78 is 0. The molecule has 17 heavy (non-hydrogen) atoms. The minimum absolute atomic E-state index is 0.0979. The molecule has 0 saturated carbocycles. The van der Waals surface area contributed by atoms with Gasteiger partial charge in [0.15, 0.2) is 0 Å². The molecule has 7 heteroatoms. The number of benzene rings is 1. The molecule has 0 aromatic heterocycles. The van der Waals surface area contributed by atoms with Crippen LogP contribution in [-0.4, -0.2) is 28.6 Å². The van der Waals surface area contributed by atoms with Gasteiger partial charge in [-0.25, -0.2) is 0 Å². The third-order valence-corrected chi connectivity index (χ3v) is 2.37. The van der Waals surface area contributed by atoms with Crippen LogP contribution in [0.4, 0.5) is 5.69 Å². The maximum absolute atomic E-state index is 11.7. The number of amides is 1. The zero-order valence-corrected chi connectivity index (χ0v) is 9.77. The first kappa shape index (κ1) is 13.4. The minimum atomic E-state index is -0.707. The Hall–Kier alpha value is -1.66. The first-order chi connectivity index (χ1) is 7.97. The number of carbonyl (C=O) groups is 1. The van der Waals surface area contributed by atoms with E-state index in [1.54, 1.807) is 6.92 Å². The van der Waals surface area contributed by atoms with Crippen molar-refractivity contribution in [2.75, 3.05) is 6.61 Å². The van der Waals surface area contributed by atoms with Crippen molar-refractivity contribution in [3.8, 4) is 0 Å². The van der Waals surface area contributed by atoms with Crippen LogP contribution in [0, 0.1) is 10.1 Å². The van der Waals surface area contributed by atoms with Gasteiger partial charge in [0, 0.05) is 6.04 Å². The van der Waals surface area contributed by atoms with Crippen molar-refractivity contribution in [1.29, 1.82) is 0 Å². The standard InChI is InChI=1S/C10H11ClN2O4/c1-6(5-14)12-10(15)7-3-2-4-8(11)9(7)13(16)17/h2-4,6,14H,5H2,1H3,(H,12,15). The first-order valence-corrected chi connectivity index (χ1v) is 5.19. The summed E-state index contributed by atoms with van der Waals surface area (Å²) in [5.41, 5.74) is -0.556. The van der Waals surface area contributed by atoms with E-state index >= 15 is 0 Å². The second kappa shape index (κ2) is 5.60. The summed E-state index contributed by atoms with van der Waals surface area (Å²) in [5, 5.41) is 21.9. The summed E-state index contributed by atoms with van der Waals surface area (Å²) in [4.78, 5) is 21.8. The highest BCUT2D eigenvalue weighted by Crippen LogP contribution is 2.27. The van der Waals surface area contributed by atoms with Crippen molar-refractivity contribution >= 4 is 23.2 Å². The molecule has 2 N–H and O–H groups in total. The van der Waals surface area contributed by atoms with E-state index in [-0.39, 0.29) is 17.2 Å². The van der Waals surface area contributed by atoms with Gasteiger partial charge in [-0.3, -0.25) is 14.9 Å². The van der Waals surface area contributed by atoms with Gasteiger partial charge in [-0.15, -0.1) is 0 Å². The molecule has 0 aliphatic carbocycles. The highest BCUT2D eigenvalue weighted by atomic mass is 35.5. The van der Waals surface area contributed by atoms with Gasteiger partial charge in [-0.2, -0.15) is 0 Å². The molecule has 1 unspecified atom stereocenters. The van der Waals surface area contributed by atoms with Crippen LogP contribution < -0.4 is 5.32 Å². The second-order valence-electron chi connectivity index (χ2n) is 3.45. The number of rotatable bonds is 4. The fraction of sp³-hybridized carbons (Fsp3) is 0.300. The van der Waals surface area contributed by atoms with Crippen LogP contribution in [0.2, 0.25) is 5.02 Å². The van der Waals surface area contributed by atoms with Crippen molar-refractivity contribution in [1.82, 2.24) is 5.32 Å². The Kier molecular flexibility index (Phi) is 4.42. The Bertz CT molecular complexity index is 450. The Morgan fingerprint density at radius 3 is 2.82 bits per heavy atom. The molecular formula is C10H11ClN2O4. The molecule has 1 amide bonds. The summed E-state index contributed by atoms with van der Waals surface area (Å²) in [6.45, 7) is 1.33. The van der Waals surface area contributed by atoms with Crippen LogP contribution in [0.3, 0.4) is 0 Å². The SMILES string of the molecule is CC(CO)NC(=O)c1cccc(Cl)c1[N+](=O)[O-]. The summed E-state index contributed by atoms with van der Waals surface area (Å²) in [6, 6.07) is 3.62. The van der Waals surface area contributed by atoms with Crippen LogP contribution in [0.5, 0.6) is 0 Å². The van der Waals surface area contributed by atoms with E-state index in [2.05, 4.69) is 5.32 Å². The fourth-order valence-electron chi connectivity index (χ4n) is 1.23. The zero-order valence-electron chi connectivity index (χ0n) is 9.01. The number of nitro groups is 1. The number of halogens is 1. The number of nitro benzene ring substituents is 1. The molecule has 0 saturated heterocycles. The Morgan fingerprint density at radius 1 is 1.65 bits per heavy atom. The van der Waals surface area contributed by atoms with Crippen LogP contribution >= 0.6 is 11.6 Å². The Balaban J connectivity index is 3.09. The first-order valence-electron chi connectivity index (χ1n) is 4.82. The fourth-order valence-corrected chi connectivity index (χ4v) is 1.47. The normalized spacial score (nSPS) is 11.9. The predicted octanol–water partition coefficient (Wildman–Crippen LogP) is 1.36. The minimum Gasteiger partial charge on any atom is -0.394 e. The quantitative estimate of drug-likeness (QED) is 0.630. The maximum Gasteiger partial charge on any atom is 0.300 e. The Morgan fingerprint density at radius 2 is 2.29 bits per heavy atom. The van der Waals surface area contributed by atoms with Crippen LogP contribution in [-0.2, 0) is 0 Å². The summed E-state index contributed by atoms with van der Waals surface area (Å²) in [5.74, 6) is -0.638. The molecule has 1 atom stereocenters. The molecule has 0 heterocycles. The van der Waals surface area contributed by atoms with E-state index in [1.807, 2.05) is 0 Å². The molecule has 0 radical (unpaired) electrons. The molecule has 6 nitrogen and oxygen atoms in total. The number of nitrogens with zero attached hydrogens (tertiary/aromatic N) is 1. The summed E-state index contributed by atoms with van der Waals surface area (Å²) >= 11 is 5.67. The van der Waals surface area contributed by atoms with Gasteiger partial charge in [0.25, 0.3) is 5.91 Å². The van der Waals surface area contributed by atoms with Crippen molar-refractivity contribution in [2.24, 2.45) is 0 Å². The maximum atomic E-state index is 11.7. The van der Waals surface area contributed by atoms with Gasteiger partial charge in [0.05, 0.1) is 11.5 Å². The Labute approximate surface area is 102 Å². The molecule has 92 valence electrons. The van der Waals surface area contributed by atoms with E-state index in [0.29, 0.717) is 0 Å². The van der Waals surface area contributed by atoms with Gasteiger partial charge >= 0.3 is 5.69 Å². The second-order valence-corrected chi connectivity index (χ2v) is 3.86. The topological polar surface area (TPSA) is 92.5 Å². The van der Waals surface area contributed by atoms with E-state index in [0.717, 1.165) is 0 Å². The molecule has 1 rings (SSSR count). The number of aliphatic hydroxyl groups is 1. The average Bonchev–Trinajstić information content (AvgIpc) is 2.27. The number of para-hydroxylation sites is 1. The lowest BCUT2D eigenvalue weighted by Gasteiger charge is -2.11. The lowest BCUT2D eigenvalue weighted by atomic mass is 10.1. The summed E-state index contributed by atoms with van der Waals surface area (Å²) in [6.07, 6.45) is 0. The van der Waals surface area contributed by atoms with E-state index < -0.39 is 22.6 Å². The van der Waals surface area contributed by atoms with Crippen LogP contribution in [0.15, 0.2) is 18.2 Å². The number of hydrogen-bond acceptors (Lipinski definition) is 4. The third-order valence-electron chi connectivity index (χ3n) is 2.07. The molecule has 0 bridgehead atoms. The van der Waals surface area contributed by atoms with Gasteiger partial charge in [0.1, 0.15) is 10.6 Å². The average molecular weight is 259 g/mol. The van der Waals surface area contributed by atoms with Crippen molar-refractivity contribution < 1.29 is 14.8 Å². The smallest absolute Gasteiger partial charge is 0.300 e. The van der Waals surface area contributed by atoms with Crippen molar-refractivity contribution in [3.05, 3.63) is 38.9 Å². The number of aliphatic hydroxyl groups excluding tert-OH is 1. The lowest BCUT2D eigenvalue weighted by molar-refractivity contribution is -0.385. The van der Waals surface area contributed by atoms with Gasteiger partial charge in [-0.05, 0) is 19.1 Å². The number of carbonyl (C=O) groups excluding carboxylic acids is 1. The van der Waals surface area contributed by atoms with Crippen LogP contribution in [0.1, 0.15) is 17.3 Å². The molecule has 0 aliphatic heterocycles. The largest absolute Gasteiger partial charge is 0.394 e. The number of nitrogens with one attached hydrogen (secondary N) is 1. The van der Waals surface area contributed by atoms with Crippen LogP contribution in [0.25, 0.3) is 0 Å². The van der Waals surface area contributed by atoms with Gasteiger partial charge < -0.3 is 10.4 Å². The molecule has 0 spiro atoms. The molecule has 1 aromatic carbocycles. The lowest BCUT2D eigenvalue weighted by Crippen LogP contribution is -2.35. The molecule has 1 aromatic rings. The zero-order chi connectivity index (χ0) is 13.0. The highest BCUT2D eigenvalue weighted by molar-refractivity contribution is 6.33. The van der Waals surface area contributed by atoms with E-state index in [9.17, 15) is 14.9 Å². The molecule has 0 aliphatic rings. The highest BCUT2D eigenvalue weighted by Gasteiger charge is 2.24. The summed E-state index contributed by atoms with van der Waals surface area (Å²) in [7, 11) is 0. The van der Waals surface area contributed by atoms with Gasteiger partial charge in [0.2, 0.25) is 0 Å². The van der Waals surface area contributed by atoms with Crippen molar-refractivity contribution in [2.45, 2.75) is 13.0 Å². The molecule has 0 fully saturated rings. The van der Waals surface area contributed by atoms with Gasteiger partial charge in [-0.1, -0.05) is 17.7 Å². The number of hydrogen-bond donors (Lipinski definition) is 2. The monoisotopic (exact) mass is 258 g/mol. The predicted molar refractivity (Wildman–Crippen MR) is 62.1 cm³/mol.